The molecule has 0 radical (unpaired) electrons. The fourth-order valence-electron chi connectivity index (χ4n) is 2.92. The normalized spacial score (nSPS) is 16.3. The van der Waals surface area contributed by atoms with E-state index in [-0.39, 0.29) is 17.1 Å². The van der Waals surface area contributed by atoms with Gasteiger partial charge in [-0.3, -0.25) is 4.79 Å². The van der Waals surface area contributed by atoms with Gasteiger partial charge in [0.25, 0.3) is 0 Å². The van der Waals surface area contributed by atoms with Gasteiger partial charge in [-0.1, -0.05) is 37.8 Å². The summed E-state index contributed by atoms with van der Waals surface area (Å²) < 4.78 is 18.8. The van der Waals surface area contributed by atoms with Crippen LogP contribution in [0.1, 0.15) is 49.1 Å². The first-order valence-corrected chi connectivity index (χ1v) is 6.95. The molecule has 0 N–H and O–H groups in total. The lowest BCUT2D eigenvalue weighted by molar-refractivity contribution is 0.0949. The first-order chi connectivity index (χ1) is 9.24. The molecule has 1 aliphatic carbocycles. The molecule has 3 rings (SSSR count). The summed E-state index contributed by atoms with van der Waals surface area (Å²) in [5.74, 6) is 0.554. The second-order valence-electron chi connectivity index (χ2n) is 5.38. The van der Waals surface area contributed by atoms with Crippen LogP contribution < -0.4 is 0 Å². The molecule has 0 spiro atoms. The van der Waals surface area contributed by atoms with E-state index in [9.17, 15) is 9.18 Å². The van der Waals surface area contributed by atoms with Gasteiger partial charge in [0, 0.05) is 11.8 Å². The average Bonchev–Trinajstić information content (AvgIpc) is 3.05. The van der Waals surface area contributed by atoms with Gasteiger partial charge in [0.2, 0.25) is 0 Å². The van der Waals surface area contributed by atoms with Crippen molar-refractivity contribution >= 4 is 16.8 Å². The summed E-state index contributed by atoms with van der Waals surface area (Å²) >= 11 is 0. The number of hydrogen-bond donors (Lipinski definition) is 0. The molecular formula is C16H17FO2. The summed E-state index contributed by atoms with van der Waals surface area (Å²) in [6.07, 6.45) is 6.48. The van der Waals surface area contributed by atoms with Crippen molar-refractivity contribution in [2.75, 3.05) is 0 Å². The Kier molecular flexibility index (Phi) is 3.36. The van der Waals surface area contributed by atoms with Gasteiger partial charge in [-0.25, -0.2) is 4.39 Å². The minimum atomic E-state index is -0.410. The number of Topliss-reactive ketones (excluding diaryl/α,β-unsaturated/α-hetero) is 1. The number of rotatable bonds is 4. The van der Waals surface area contributed by atoms with Crippen LogP contribution in [0.15, 0.2) is 28.7 Å². The van der Waals surface area contributed by atoms with Crippen molar-refractivity contribution in [1.82, 2.24) is 0 Å². The van der Waals surface area contributed by atoms with E-state index in [1.165, 1.54) is 31.7 Å². The number of para-hydroxylation sites is 1. The summed E-state index contributed by atoms with van der Waals surface area (Å²) in [5.41, 5.74) is 0.187. The Morgan fingerprint density at radius 3 is 2.84 bits per heavy atom. The van der Waals surface area contributed by atoms with Crippen LogP contribution in [0.4, 0.5) is 4.39 Å². The number of ketones is 1. The predicted molar refractivity (Wildman–Crippen MR) is 71.7 cm³/mol. The molecule has 0 atom stereocenters. The summed E-state index contributed by atoms with van der Waals surface area (Å²) in [7, 11) is 0. The van der Waals surface area contributed by atoms with Crippen molar-refractivity contribution in [3.05, 3.63) is 35.8 Å². The number of carbonyl (C=O) groups excluding carboxylic acids is 1. The smallest absolute Gasteiger partial charge is 0.198 e. The first-order valence-electron chi connectivity index (χ1n) is 6.95. The lowest BCUT2D eigenvalue weighted by Crippen LogP contribution is -2.01. The zero-order valence-corrected chi connectivity index (χ0v) is 10.8. The van der Waals surface area contributed by atoms with Crippen molar-refractivity contribution in [3.8, 4) is 0 Å². The van der Waals surface area contributed by atoms with Gasteiger partial charge in [-0.05, 0) is 24.5 Å². The van der Waals surface area contributed by atoms with E-state index < -0.39 is 5.82 Å². The number of fused-ring (bicyclic) bond motifs is 1. The summed E-state index contributed by atoms with van der Waals surface area (Å²) in [6.45, 7) is 0. The van der Waals surface area contributed by atoms with Crippen LogP contribution in [0.25, 0.3) is 11.0 Å². The van der Waals surface area contributed by atoms with Crippen LogP contribution in [0, 0.1) is 11.7 Å². The average molecular weight is 260 g/mol. The van der Waals surface area contributed by atoms with Gasteiger partial charge >= 0.3 is 0 Å². The van der Waals surface area contributed by atoms with Crippen molar-refractivity contribution < 1.29 is 13.6 Å². The van der Waals surface area contributed by atoms with Crippen molar-refractivity contribution in [3.63, 3.8) is 0 Å². The van der Waals surface area contributed by atoms with Crippen LogP contribution in [0.3, 0.4) is 0 Å². The fraction of sp³-hybridized carbons (Fsp3) is 0.438. The maximum atomic E-state index is 13.5. The molecule has 2 aromatic rings. The van der Waals surface area contributed by atoms with Crippen molar-refractivity contribution in [1.29, 1.82) is 0 Å². The van der Waals surface area contributed by atoms with E-state index in [4.69, 9.17) is 4.42 Å². The quantitative estimate of drug-likeness (QED) is 0.744. The van der Waals surface area contributed by atoms with E-state index in [0.29, 0.717) is 17.7 Å². The first kappa shape index (κ1) is 12.4. The van der Waals surface area contributed by atoms with Gasteiger partial charge in [0.05, 0.1) is 0 Å². The minimum Gasteiger partial charge on any atom is -0.450 e. The fourth-order valence-corrected chi connectivity index (χ4v) is 2.92. The predicted octanol–water partition coefficient (Wildman–Crippen LogP) is 4.73. The van der Waals surface area contributed by atoms with Crippen LogP contribution in [0.5, 0.6) is 0 Å². The molecule has 0 amide bonds. The maximum Gasteiger partial charge on any atom is 0.198 e. The maximum absolute atomic E-state index is 13.5. The Hall–Kier alpha value is -1.64. The Labute approximate surface area is 111 Å². The second kappa shape index (κ2) is 5.16. The number of halogens is 1. The Balaban J connectivity index is 1.72. The van der Waals surface area contributed by atoms with E-state index >= 15 is 0 Å². The third kappa shape index (κ3) is 2.55. The zero-order valence-electron chi connectivity index (χ0n) is 10.8. The molecule has 1 aromatic carbocycles. The molecule has 1 aliphatic rings. The molecule has 2 nitrogen and oxygen atoms in total. The highest BCUT2D eigenvalue weighted by Crippen LogP contribution is 2.30. The summed E-state index contributed by atoms with van der Waals surface area (Å²) in [6, 6.07) is 6.38. The van der Waals surface area contributed by atoms with Gasteiger partial charge < -0.3 is 4.42 Å². The van der Waals surface area contributed by atoms with E-state index in [2.05, 4.69) is 0 Å². The molecule has 1 fully saturated rings. The molecule has 100 valence electrons. The number of furan rings is 1. The van der Waals surface area contributed by atoms with Gasteiger partial charge in [-0.2, -0.15) is 0 Å². The highest BCUT2D eigenvalue weighted by atomic mass is 19.1. The third-order valence-corrected chi connectivity index (χ3v) is 4.03. The van der Waals surface area contributed by atoms with Crippen LogP contribution >= 0.6 is 0 Å². The number of hydrogen-bond acceptors (Lipinski definition) is 2. The number of benzene rings is 1. The van der Waals surface area contributed by atoms with E-state index in [1.807, 2.05) is 0 Å². The van der Waals surface area contributed by atoms with Gasteiger partial charge in [-0.15, -0.1) is 0 Å². The van der Waals surface area contributed by atoms with Crippen LogP contribution in [-0.2, 0) is 0 Å². The van der Waals surface area contributed by atoms with Gasteiger partial charge in [0.1, 0.15) is 0 Å². The molecule has 19 heavy (non-hydrogen) atoms. The number of carbonyl (C=O) groups is 1. The monoisotopic (exact) mass is 260 g/mol. The standard InChI is InChI=1S/C16H17FO2/c17-13-7-3-6-12-10-15(19-16(12)13)14(18)9-8-11-4-1-2-5-11/h3,6-7,10-11H,1-2,4-5,8-9H2. The largest absolute Gasteiger partial charge is 0.450 e. The lowest BCUT2D eigenvalue weighted by atomic mass is 9.99. The Morgan fingerprint density at radius 2 is 2.11 bits per heavy atom. The highest BCUT2D eigenvalue weighted by molar-refractivity contribution is 5.97. The topological polar surface area (TPSA) is 30.2 Å². The van der Waals surface area contributed by atoms with Crippen LogP contribution in [-0.4, -0.2) is 5.78 Å². The zero-order chi connectivity index (χ0) is 13.2. The summed E-state index contributed by atoms with van der Waals surface area (Å²) in [4.78, 5) is 12.1. The molecule has 3 heteroatoms. The highest BCUT2D eigenvalue weighted by Gasteiger charge is 2.19. The van der Waals surface area contributed by atoms with Crippen molar-refractivity contribution in [2.45, 2.75) is 38.5 Å². The molecule has 1 heterocycles. The molecular weight excluding hydrogens is 243 g/mol. The molecule has 0 bridgehead atoms. The third-order valence-electron chi connectivity index (χ3n) is 4.03. The van der Waals surface area contributed by atoms with E-state index in [0.717, 1.165) is 6.42 Å². The molecule has 1 aromatic heterocycles. The molecule has 0 aliphatic heterocycles. The molecule has 1 saturated carbocycles. The Bertz CT molecular complexity index is 594. The SMILES string of the molecule is O=C(CCC1CCCC1)c1cc2cccc(F)c2o1. The minimum absolute atomic E-state index is 0.0116. The lowest BCUT2D eigenvalue weighted by Gasteiger charge is -2.06. The van der Waals surface area contributed by atoms with E-state index in [1.54, 1.807) is 18.2 Å². The second-order valence-corrected chi connectivity index (χ2v) is 5.38. The molecule has 0 unspecified atom stereocenters. The Morgan fingerprint density at radius 1 is 1.32 bits per heavy atom. The van der Waals surface area contributed by atoms with Crippen LogP contribution in [0.2, 0.25) is 0 Å². The molecule has 0 saturated heterocycles. The van der Waals surface area contributed by atoms with Crippen molar-refractivity contribution in [2.24, 2.45) is 5.92 Å². The summed E-state index contributed by atoms with van der Waals surface area (Å²) in [5, 5.41) is 0.657. The van der Waals surface area contributed by atoms with Gasteiger partial charge in [0.15, 0.2) is 22.9 Å².